The topological polar surface area (TPSA) is 30.5 Å². The zero-order chi connectivity index (χ0) is 12.8. The third-order valence-electron chi connectivity index (χ3n) is 3.10. The maximum Gasteiger partial charge on any atom is 0.118 e. The molecule has 0 saturated heterocycles. The van der Waals surface area contributed by atoms with Crippen LogP contribution in [-0.2, 0) is 4.74 Å². The second-order valence-electron chi connectivity index (χ2n) is 4.36. The number of benzene rings is 1. The lowest BCUT2D eigenvalue weighted by atomic mass is 10.0. The third kappa shape index (κ3) is 3.05. The Labute approximate surface area is 109 Å². The Morgan fingerprint density at radius 2 is 2.11 bits per heavy atom. The monoisotopic (exact) mass is 247 g/mol. The lowest BCUT2D eigenvalue weighted by molar-refractivity contribution is 0.168. The fourth-order valence-corrected chi connectivity index (χ4v) is 2.16. The molecule has 18 heavy (non-hydrogen) atoms. The van der Waals surface area contributed by atoms with Crippen molar-refractivity contribution in [2.75, 3.05) is 20.3 Å². The van der Waals surface area contributed by atoms with Crippen molar-refractivity contribution in [3.05, 3.63) is 41.7 Å². The molecule has 1 unspecified atom stereocenters. The van der Waals surface area contributed by atoms with Crippen molar-refractivity contribution >= 4 is 0 Å². The van der Waals surface area contributed by atoms with Gasteiger partial charge in [0.25, 0.3) is 0 Å². The van der Waals surface area contributed by atoms with E-state index in [9.17, 15) is 0 Å². The SMILES string of the molecule is CCNC(C1=CCCCO1)c1ccc(OC)cc1. The molecule has 1 atom stereocenters. The average Bonchev–Trinajstić information content (AvgIpc) is 2.46. The van der Waals surface area contributed by atoms with Gasteiger partial charge in [0.15, 0.2) is 0 Å². The summed E-state index contributed by atoms with van der Waals surface area (Å²) < 4.78 is 11.0. The highest BCUT2D eigenvalue weighted by Crippen LogP contribution is 2.27. The number of nitrogens with one attached hydrogen (secondary N) is 1. The van der Waals surface area contributed by atoms with E-state index in [0.29, 0.717) is 0 Å². The predicted molar refractivity (Wildman–Crippen MR) is 72.7 cm³/mol. The summed E-state index contributed by atoms with van der Waals surface area (Å²) >= 11 is 0. The molecule has 0 aromatic heterocycles. The van der Waals surface area contributed by atoms with E-state index in [1.54, 1.807) is 7.11 Å². The Morgan fingerprint density at radius 3 is 2.67 bits per heavy atom. The molecule has 0 saturated carbocycles. The first kappa shape index (κ1) is 13.0. The first-order valence-electron chi connectivity index (χ1n) is 6.55. The Kier molecular flexibility index (Phi) is 4.65. The van der Waals surface area contributed by atoms with Crippen molar-refractivity contribution in [1.82, 2.24) is 5.32 Å². The predicted octanol–water partition coefficient (Wildman–Crippen LogP) is 3.04. The van der Waals surface area contributed by atoms with E-state index in [2.05, 4.69) is 30.4 Å². The van der Waals surface area contributed by atoms with Gasteiger partial charge in [-0.3, -0.25) is 0 Å². The van der Waals surface area contributed by atoms with Crippen molar-refractivity contribution in [2.45, 2.75) is 25.8 Å². The van der Waals surface area contributed by atoms with Crippen LogP contribution < -0.4 is 10.1 Å². The minimum Gasteiger partial charge on any atom is -0.497 e. The van der Waals surface area contributed by atoms with Gasteiger partial charge in [0.1, 0.15) is 11.5 Å². The minimum absolute atomic E-state index is 0.154. The van der Waals surface area contributed by atoms with Crippen molar-refractivity contribution in [1.29, 1.82) is 0 Å². The van der Waals surface area contributed by atoms with Gasteiger partial charge < -0.3 is 14.8 Å². The van der Waals surface area contributed by atoms with Crippen LogP contribution in [0.1, 0.15) is 31.4 Å². The Bertz CT molecular complexity index is 397. The van der Waals surface area contributed by atoms with E-state index >= 15 is 0 Å². The van der Waals surface area contributed by atoms with Crippen LogP contribution in [0.2, 0.25) is 0 Å². The third-order valence-corrected chi connectivity index (χ3v) is 3.10. The fraction of sp³-hybridized carbons (Fsp3) is 0.467. The molecule has 0 radical (unpaired) electrons. The van der Waals surface area contributed by atoms with E-state index in [-0.39, 0.29) is 6.04 Å². The molecule has 2 rings (SSSR count). The van der Waals surface area contributed by atoms with Gasteiger partial charge in [-0.25, -0.2) is 0 Å². The molecule has 0 bridgehead atoms. The summed E-state index contributed by atoms with van der Waals surface area (Å²) in [6.07, 6.45) is 4.42. The highest BCUT2D eigenvalue weighted by Gasteiger charge is 2.18. The summed E-state index contributed by atoms with van der Waals surface area (Å²) in [5, 5.41) is 3.47. The van der Waals surface area contributed by atoms with Crippen LogP contribution in [-0.4, -0.2) is 20.3 Å². The molecule has 0 fully saturated rings. The molecule has 0 aliphatic carbocycles. The van der Waals surface area contributed by atoms with Crippen molar-refractivity contribution in [3.63, 3.8) is 0 Å². The molecule has 3 nitrogen and oxygen atoms in total. The molecule has 1 aliphatic rings. The smallest absolute Gasteiger partial charge is 0.118 e. The standard InChI is InChI=1S/C15H21NO2/c1-3-16-15(14-6-4-5-11-18-14)12-7-9-13(17-2)10-8-12/h6-10,15-16H,3-5,11H2,1-2H3. The summed E-state index contributed by atoms with van der Waals surface area (Å²) in [5.74, 6) is 1.93. The number of allylic oxidation sites excluding steroid dienone is 1. The Hall–Kier alpha value is -1.48. The largest absolute Gasteiger partial charge is 0.497 e. The summed E-state index contributed by atoms with van der Waals surface area (Å²) in [7, 11) is 1.68. The van der Waals surface area contributed by atoms with Gasteiger partial charge in [0, 0.05) is 0 Å². The number of hydrogen-bond acceptors (Lipinski definition) is 3. The number of likely N-dealkylation sites (N-methyl/N-ethyl adjacent to an activating group) is 1. The van der Waals surface area contributed by atoms with Gasteiger partial charge in [-0.1, -0.05) is 19.1 Å². The number of methoxy groups -OCH3 is 1. The first-order chi connectivity index (χ1) is 8.85. The molecular weight excluding hydrogens is 226 g/mol. The number of hydrogen-bond donors (Lipinski definition) is 1. The molecular formula is C15H21NO2. The normalized spacial score (nSPS) is 16.7. The second kappa shape index (κ2) is 6.45. The Morgan fingerprint density at radius 1 is 1.33 bits per heavy atom. The van der Waals surface area contributed by atoms with Gasteiger partial charge in [0.05, 0.1) is 19.8 Å². The lowest BCUT2D eigenvalue weighted by Gasteiger charge is -2.25. The van der Waals surface area contributed by atoms with Crippen LogP contribution in [0, 0.1) is 0 Å². The van der Waals surface area contributed by atoms with Gasteiger partial charge in [0.2, 0.25) is 0 Å². The zero-order valence-corrected chi connectivity index (χ0v) is 11.1. The summed E-state index contributed by atoms with van der Waals surface area (Å²) in [4.78, 5) is 0. The van der Waals surface area contributed by atoms with Crippen molar-refractivity contribution in [2.24, 2.45) is 0 Å². The van der Waals surface area contributed by atoms with Crippen LogP contribution in [0.5, 0.6) is 5.75 Å². The molecule has 1 aromatic carbocycles. The molecule has 1 heterocycles. The van der Waals surface area contributed by atoms with E-state index in [0.717, 1.165) is 37.5 Å². The average molecular weight is 247 g/mol. The van der Waals surface area contributed by atoms with Crippen molar-refractivity contribution < 1.29 is 9.47 Å². The molecule has 98 valence electrons. The summed E-state index contributed by atoms with van der Waals surface area (Å²) in [5.41, 5.74) is 1.21. The quantitative estimate of drug-likeness (QED) is 0.867. The summed E-state index contributed by atoms with van der Waals surface area (Å²) in [6, 6.07) is 8.31. The van der Waals surface area contributed by atoms with Gasteiger partial charge in [-0.05, 0) is 43.2 Å². The Balaban J connectivity index is 2.19. The van der Waals surface area contributed by atoms with Crippen LogP contribution in [0.4, 0.5) is 0 Å². The molecule has 0 spiro atoms. The van der Waals surface area contributed by atoms with E-state index in [1.807, 2.05) is 12.1 Å². The van der Waals surface area contributed by atoms with E-state index in [4.69, 9.17) is 9.47 Å². The molecule has 1 aliphatic heterocycles. The number of ether oxygens (including phenoxy) is 2. The first-order valence-corrected chi connectivity index (χ1v) is 6.55. The maximum absolute atomic E-state index is 5.77. The maximum atomic E-state index is 5.77. The molecule has 3 heteroatoms. The van der Waals surface area contributed by atoms with Crippen LogP contribution in [0.3, 0.4) is 0 Å². The molecule has 1 aromatic rings. The highest BCUT2D eigenvalue weighted by atomic mass is 16.5. The minimum atomic E-state index is 0.154. The van der Waals surface area contributed by atoms with Crippen LogP contribution in [0.25, 0.3) is 0 Å². The van der Waals surface area contributed by atoms with E-state index < -0.39 is 0 Å². The van der Waals surface area contributed by atoms with Gasteiger partial charge in [-0.2, -0.15) is 0 Å². The summed E-state index contributed by atoms with van der Waals surface area (Å²) in [6.45, 7) is 3.85. The van der Waals surface area contributed by atoms with Crippen LogP contribution in [0.15, 0.2) is 36.1 Å². The van der Waals surface area contributed by atoms with Crippen molar-refractivity contribution in [3.8, 4) is 5.75 Å². The lowest BCUT2D eigenvalue weighted by Crippen LogP contribution is -2.25. The number of rotatable bonds is 5. The van der Waals surface area contributed by atoms with Gasteiger partial charge >= 0.3 is 0 Å². The molecule has 1 N–H and O–H groups in total. The van der Waals surface area contributed by atoms with E-state index in [1.165, 1.54) is 5.56 Å². The van der Waals surface area contributed by atoms with Gasteiger partial charge in [-0.15, -0.1) is 0 Å². The van der Waals surface area contributed by atoms with Crippen LogP contribution >= 0.6 is 0 Å². The highest BCUT2D eigenvalue weighted by molar-refractivity contribution is 5.32. The zero-order valence-electron chi connectivity index (χ0n) is 11.1. The second-order valence-corrected chi connectivity index (χ2v) is 4.36. The fourth-order valence-electron chi connectivity index (χ4n) is 2.16. The molecule has 0 amide bonds.